The highest BCUT2D eigenvalue weighted by atomic mass is 16.5. The van der Waals surface area contributed by atoms with Gasteiger partial charge in [-0.2, -0.15) is 10.2 Å². The van der Waals surface area contributed by atoms with Crippen LogP contribution in [-0.2, 0) is 11.3 Å². The predicted octanol–water partition coefficient (Wildman–Crippen LogP) is 3.16. The number of aliphatic hydroxyl groups is 1. The number of rotatable bonds is 11. The molecule has 12 nitrogen and oxygen atoms in total. The Morgan fingerprint density at radius 2 is 1.61 bits per heavy atom. The van der Waals surface area contributed by atoms with E-state index in [1.165, 1.54) is 21.3 Å². The molecule has 2 saturated heterocycles. The molecule has 2 aromatic heterocycles. The van der Waals surface area contributed by atoms with Crippen molar-refractivity contribution in [2.75, 3.05) is 49.2 Å². The van der Waals surface area contributed by atoms with E-state index in [4.69, 9.17) is 9.47 Å². The van der Waals surface area contributed by atoms with E-state index >= 15 is 0 Å². The zero-order chi connectivity index (χ0) is 30.7. The Labute approximate surface area is 257 Å². The molecule has 2 aliphatic heterocycles. The van der Waals surface area contributed by atoms with Gasteiger partial charge in [-0.1, -0.05) is 6.92 Å². The first kappa shape index (κ1) is 29.9. The lowest BCUT2D eigenvalue weighted by atomic mass is 9.96. The average molecular weight is 603 g/mol. The molecule has 0 saturated carbocycles. The van der Waals surface area contributed by atoms with Gasteiger partial charge in [0.25, 0.3) is 0 Å². The van der Waals surface area contributed by atoms with Gasteiger partial charge in [0.15, 0.2) is 0 Å². The Bertz CT molecular complexity index is 1540. The summed E-state index contributed by atoms with van der Waals surface area (Å²) < 4.78 is 17.0. The van der Waals surface area contributed by atoms with Gasteiger partial charge < -0.3 is 24.4 Å². The summed E-state index contributed by atoms with van der Waals surface area (Å²) in [7, 11) is 0. The molecule has 234 valence electrons. The molecule has 44 heavy (non-hydrogen) atoms. The van der Waals surface area contributed by atoms with E-state index in [9.17, 15) is 9.90 Å². The number of nitrogens with zero attached hydrogens (tertiary/aromatic N) is 8. The molecule has 12 heteroatoms. The maximum atomic E-state index is 12.9. The first-order chi connectivity index (χ1) is 21.3. The number of piperazine rings is 1. The highest BCUT2D eigenvalue weighted by Crippen LogP contribution is 2.32. The monoisotopic (exact) mass is 602 g/mol. The van der Waals surface area contributed by atoms with Crippen LogP contribution in [0.1, 0.15) is 39.7 Å². The predicted molar refractivity (Wildman–Crippen MR) is 168 cm³/mol. The molecule has 0 unspecified atom stereocenters. The fraction of sp³-hybridized carbons (Fsp3) is 0.500. The number of hydrogen-bond acceptors (Lipinski definition) is 9. The topological polar surface area (TPSA) is 116 Å². The van der Waals surface area contributed by atoms with Crippen molar-refractivity contribution >= 4 is 11.4 Å². The van der Waals surface area contributed by atoms with Gasteiger partial charge in [-0.25, -0.2) is 19.0 Å². The van der Waals surface area contributed by atoms with Crippen LogP contribution in [0.3, 0.4) is 0 Å². The van der Waals surface area contributed by atoms with Crippen molar-refractivity contribution < 1.29 is 14.6 Å². The molecule has 4 aromatic rings. The lowest BCUT2D eigenvalue weighted by Gasteiger charge is -2.37. The lowest BCUT2D eigenvalue weighted by molar-refractivity contribution is 0.00213. The lowest BCUT2D eigenvalue weighted by Crippen LogP contribution is -2.46. The summed E-state index contributed by atoms with van der Waals surface area (Å²) in [6, 6.07) is 16.1. The van der Waals surface area contributed by atoms with E-state index in [2.05, 4.69) is 68.3 Å². The Hall–Kier alpha value is -4.16. The zero-order valence-corrected chi connectivity index (χ0v) is 25.7. The molecule has 2 aliphatic rings. The second kappa shape index (κ2) is 12.8. The van der Waals surface area contributed by atoms with Crippen LogP contribution in [-0.4, -0.2) is 85.3 Å². The molecule has 0 radical (unpaired) electrons. The van der Waals surface area contributed by atoms with Crippen LogP contribution >= 0.6 is 0 Å². The molecule has 0 bridgehead atoms. The van der Waals surface area contributed by atoms with Crippen molar-refractivity contribution in [3.8, 4) is 11.4 Å². The van der Waals surface area contributed by atoms with Gasteiger partial charge in [-0.3, -0.25) is 4.68 Å². The van der Waals surface area contributed by atoms with E-state index in [1.54, 1.807) is 19.6 Å². The van der Waals surface area contributed by atoms with Crippen molar-refractivity contribution in [3.63, 3.8) is 0 Å². The number of benzene rings is 2. The van der Waals surface area contributed by atoms with E-state index in [-0.39, 0.29) is 17.3 Å². The van der Waals surface area contributed by atoms with Crippen molar-refractivity contribution in [1.82, 2.24) is 29.1 Å². The summed E-state index contributed by atoms with van der Waals surface area (Å²) in [6.45, 7) is 11.4. The summed E-state index contributed by atoms with van der Waals surface area (Å²) >= 11 is 0. The summed E-state index contributed by atoms with van der Waals surface area (Å²) in [6.07, 6.45) is 5.69. The quantitative estimate of drug-likeness (QED) is 0.276. The minimum Gasteiger partial charge on any atom is -0.493 e. The van der Waals surface area contributed by atoms with E-state index in [0.717, 1.165) is 49.7 Å². The van der Waals surface area contributed by atoms with Crippen molar-refractivity contribution in [2.24, 2.45) is 5.92 Å². The Balaban J connectivity index is 0.982. The maximum absolute atomic E-state index is 12.9. The van der Waals surface area contributed by atoms with Crippen LogP contribution in [0.4, 0.5) is 11.4 Å². The van der Waals surface area contributed by atoms with Crippen LogP contribution in [0.2, 0.25) is 0 Å². The third-order valence-electron chi connectivity index (χ3n) is 8.79. The van der Waals surface area contributed by atoms with Gasteiger partial charge in [0.2, 0.25) is 0 Å². The van der Waals surface area contributed by atoms with E-state index in [0.29, 0.717) is 32.1 Å². The van der Waals surface area contributed by atoms with E-state index < -0.39 is 6.10 Å². The number of ether oxygens (including phenoxy) is 2. The van der Waals surface area contributed by atoms with Crippen molar-refractivity contribution in [1.29, 1.82) is 0 Å². The highest BCUT2D eigenvalue weighted by molar-refractivity contribution is 5.54. The van der Waals surface area contributed by atoms with Gasteiger partial charge in [-0.15, -0.1) is 0 Å². The van der Waals surface area contributed by atoms with Crippen LogP contribution in [0, 0.1) is 5.92 Å². The smallest absolute Gasteiger partial charge is 0.350 e. The van der Waals surface area contributed by atoms with Crippen LogP contribution < -0.4 is 20.2 Å². The molecule has 0 amide bonds. The number of aliphatic hydroxyl groups excluding tert-OH is 1. The molecule has 1 N–H and O–H groups in total. The summed E-state index contributed by atoms with van der Waals surface area (Å²) in [4.78, 5) is 21.7. The summed E-state index contributed by atoms with van der Waals surface area (Å²) in [5, 5.41) is 18.5. The highest BCUT2D eigenvalue weighted by Gasteiger charge is 2.37. The van der Waals surface area contributed by atoms with Crippen LogP contribution in [0.5, 0.6) is 5.75 Å². The molecule has 0 spiro atoms. The van der Waals surface area contributed by atoms with Crippen molar-refractivity contribution in [3.05, 3.63) is 78.0 Å². The fourth-order valence-corrected chi connectivity index (χ4v) is 6.38. The molecule has 2 fully saturated rings. The molecular formula is C32H42N8O4. The second-order valence-electron chi connectivity index (χ2n) is 12.2. The van der Waals surface area contributed by atoms with Crippen molar-refractivity contribution in [2.45, 2.75) is 57.9 Å². The third-order valence-corrected chi connectivity index (χ3v) is 8.79. The van der Waals surface area contributed by atoms with Gasteiger partial charge >= 0.3 is 5.69 Å². The average Bonchev–Trinajstić information content (AvgIpc) is 3.78. The summed E-state index contributed by atoms with van der Waals surface area (Å²) in [5.74, 6) is 1.21. The molecule has 2 aromatic carbocycles. The molecule has 4 atom stereocenters. The number of aromatic nitrogens is 6. The largest absolute Gasteiger partial charge is 0.493 e. The second-order valence-corrected chi connectivity index (χ2v) is 12.2. The minimum atomic E-state index is -0.652. The van der Waals surface area contributed by atoms with Gasteiger partial charge in [0, 0.05) is 43.5 Å². The zero-order valence-electron chi connectivity index (χ0n) is 25.7. The normalized spacial score (nSPS) is 21.9. The Kier molecular flexibility index (Phi) is 8.72. The minimum absolute atomic E-state index is 0.245. The molecule has 4 heterocycles. The maximum Gasteiger partial charge on any atom is 0.350 e. The standard InChI is InChI=1S/C32H42N8O4/c1-4-30(24(2)41)40-31(42)39(23-35-40)28-7-5-26(6-8-28)36-13-15-37(16-14-36)27-9-11-29(12-10-27)43-18-25-17-32(3,44-19-25)20-38-22-33-21-34-38/h5-12,21-25,30,41H,4,13-20H2,1-3H3/t24-,25+,30-,32-/m0/s1. The molecule has 0 aliphatic carbocycles. The third kappa shape index (κ3) is 6.51. The van der Waals surface area contributed by atoms with Gasteiger partial charge in [0.1, 0.15) is 24.7 Å². The number of hydrogen-bond donors (Lipinski definition) is 1. The molecule has 6 rings (SSSR count). The van der Waals surface area contributed by atoms with Gasteiger partial charge in [-0.05, 0) is 75.2 Å². The Morgan fingerprint density at radius 3 is 2.20 bits per heavy atom. The van der Waals surface area contributed by atoms with Crippen LogP contribution in [0.25, 0.3) is 5.69 Å². The molecular weight excluding hydrogens is 560 g/mol. The van der Waals surface area contributed by atoms with Crippen LogP contribution in [0.15, 0.2) is 72.3 Å². The first-order valence-corrected chi connectivity index (χ1v) is 15.5. The first-order valence-electron chi connectivity index (χ1n) is 15.5. The SMILES string of the molecule is CC[C@@H]([C@H](C)O)n1ncn(-c2ccc(N3CCN(c4ccc(OC[C@@H]5CO[C@](C)(Cn6cncn6)C5)cc4)CC3)cc2)c1=O. The number of anilines is 2. The van der Waals surface area contributed by atoms with Gasteiger partial charge in [0.05, 0.1) is 43.2 Å². The fourth-order valence-electron chi connectivity index (χ4n) is 6.38. The summed E-state index contributed by atoms with van der Waals surface area (Å²) in [5.41, 5.74) is 2.58. The Morgan fingerprint density at radius 1 is 0.977 bits per heavy atom. The van der Waals surface area contributed by atoms with E-state index in [1.807, 2.05) is 23.7 Å².